The summed E-state index contributed by atoms with van der Waals surface area (Å²) in [6.45, 7) is 4.72. The quantitative estimate of drug-likeness (QED) is 0.661. The number of anilines is 1. The number of amides is 1. The number of aromatic nitrogens is 2. The minimum atomic E-state index is -0.0761. The molecule has 0 saturated carbocycles. The van der Waals surface area contributed by atoms with Gasteiger partial charge in [-0.2, -0.15) is 0 Å². The molecule has 0 spiro atoms. The highest BCUT2D eigenvalue weighted by Gasteiger charge is 2.25. The number of nitrogens with one attached hydrogen (secondary N) is 1. The van der Waals surface area contributed by atoms with Gasteiger partial charge in [0, 0.05) is 49.6 Å². The molecule has 1 fully saturated rings. The Bertz CT molecular complexity index is 989. The van der Waals surface area contributed by atoms with E-state index in [9.17, 15) is 4.79 Å². The number of carbonyl (C=O) groups excluding carboxylic acids is 1. The monoisotopic (exact) mass is 400 g/mol. The summed E-state index contributed by atoms with van der Waals surface area (Å²) in [5.41, 5.74) is 5.13. The Kier molecular flexibility index (Phi) is 6.50. The molecule has 5 heteroatoms. The Morgan fingerprint density at radius 2 is 1.93 bits per heavy atom. The predicted octanol–water partition coefficient (Wildman–Crippen LogP) is 4.52. The molecule has 1 aromatic heterocycles. The molecule has 5 nitrogen and oxygen atoms in total. The van der Waals surface area contributed by atoms with E-state index >= 15 is 0 Å². The first-order valence-electron chi connectivity index (χ1n) is 10.6. The molecular weight excluding hydrogens is 372 g/mol. The number of piperidine rings is 1. The largest absolute Gasteiger partial charge is 0.326 e. The Balaban J connectivity index is 1.51. The molecule has 0 bridgehead atoms. The van der Waals surface area contributed by atoms with E-state index in [1.807, 2.05) is 24.3 Å². The van der Waals surface area contributed by atoms with Gasteiger partial charge in [0.05, 0.1) is 11.4 Å². The fraction of sp³-hybridized carbons (Fsp3) is 0.320. The van der Waals surface area contributed by atoms with Gasteiger partial charge in [-0.25, -0.2) is 0 Å². The summed E-state index contributed by atoms with van der Waals surface area (Å²) in [6, 6.07) is 18.5. The molecule has 2 aromatic carbocycles. The van der Waals surface area contributed by atoms with Crippen LogP contribution in [0.25, 0.3) is 11.3 Å². The van der Waals surface area contributed by atoms with Crippen molar-refractivity contribution < 1.29 is 4.79 Å². The summed E-state index contributed by atoms with van der Waals surface area (Å²) in [7, 11) is 0. The van der Waals surface area contributed by atoms with Gasteiger partial charge in [0.1, 0.15) is 0 Å². The van der Waals surface area contributed by atoms with Gasteiger partial charge >= 0.3 is 0 Å². The predicted molar refractivity (Wildman–Crippen MR) is 120 cm³/mol. The van der Waals surface area contributed by atoms with E-state index in [1.54, 1.807) is 12.4 Å². The fourth-order valence-electron chi connectivity index (χ4n) is 4.23. The Morgan fingerprint density at radius 3 is 2.77 bits per heavy atom. The van der Waals surface area contributed by atoms with Crippen LogP contribution in [0.3, 0.4) is 0 Å². The summed E-state index contributed by atoms with van der Waals surface area (Å²) in [4.78, 5) is 23.4. The SMILES string of the molecule is CC(=O)Nc1cccc(-c2nccnc2[C@@H]2CCCN(CCc3ccccc3)C2)c1. The first kappa shape index (κ1) is 20.2. The van der Waals surface area contributed by atoms with Crippen molar-refractivity contribution in [3.8, 4) is 11.3 Å². The van der Waals surface area contributed by atoms with Crippen LogP contribution >= 0.6 is 0 Å². The molecule has 1 aliphatic rings. The van der Waals surface area contributed by atoms with Gasteiger partial charge in [-0.1, -0.05) is 42.5 Å². The van der Waals surface area contributed by atoms with Crippen molar-refractivity contribution in [1.82, 2.24) is 14.9 Å². The first-order valence-corrected chi connectivity index (χ1v) is 10.6. The summed E-state index contributed by atoms with van der Waals surface area (Å²) >= 11 is 0. The van der Waals surface area contributed by atoms with E-state index in [-0.39, 0.29) is 5.91 Å². The van der Waals surface area contributed by atoms with Crippen molar-refractivity contribution in [3.05, 3.63) is 78.2 Å². The molecule has 1 N–H and O–H groups in total. The number of carbonyl (C=O) groups is 1. The summed E-state index contributed by atoms with van der Waals surface area (Å²) in [5.74, 6) is 0.288. The third-order valence-electron chi connectivity index (χ3n) is 5.63. The third-order valence-corrected chi connectivity index (χ3v) is 5.63. The van der Waals surface area contributed by atoms with E-state index in [1.165, 1.54) is 18.9 Å². The average molecular weight is 401 g/mol. The van der Waals surface area contributed by atoms with Crippen molar-refractivity contribution in [1.29, 1.82) is 0 Å². The second-order valence-corrected chi connectivity index (χ2v) is 7.93. The number of rotatable bonds is 6. The van der Waals surface area contributed by atoms with Crippen molar-refractivity contribution in [2.75, 3.05) is 25.0 Å². The molecule has 1 aliphatic heterocycles. The van der Waals surface area contributed by atoms with Gasteiger partial charge in [0.25, 0.3) is 0 Å². The van der Waals surface area contributed by atoms with Crippen molar-refractivity contribution in [3.63, 3.8) is 0 Å². The molecule has 0 aliphatic carbocycles. The lowest BCUT2D eigenvalue weighted by atomic mass is 9.91. The maximum atomic E-state index is 11.4. The topological polar surface area (TPSA) is 58.1 Å². The van der Waals surface area contributed by atoms with Crippen molar-refractivity contribution >= 4 is 11.6 Å². The first-order chi connectivity index (χ1) is 14.7. The van der Waals surface area contributed by atoms with Crippen LogP contribution in [0.4, 0.5) is 5.69 Å². The van der Waals surface area contributed by atoms with E-state index < -0.39 is 0 Å². The minimum absolute atomic E-state index is 0.0761. The van der Waals surface area contributed by atoms with Crippen molar-refractivity contribution in [2.24, 2.45) is 0 Å². The smallest absolute Gasteiger partial charge is 0.221 e. The molecule has 0 radical (unpaired) electrons. The highest BCUT2D eigenvalue weighted by Crippen LogP contribution is 2.32. The zero-order chi connectivity index (χ0) is 20.8. The second-order valence-electron chi connectivity index (χ2n) is 7.93. The lowest BCUT2D eigenvalue weighted by molar-refractivity contribution is -0.114. The maximum Gasteiger partial charge on any atom is 0.221 e. The van der Waals surface area contributed by atoms with Crippen LogP contribution in [0.5, 0.6) is 0 Å². The Morgan fingerprint density at radius 1 is 1.10 bits per heavy atom. The molecule has 154 valence electrons. The van der Waals surface area contributed by atoms with E-state index in [0.29, 0.717) is 5.92 Å². The molecule has 4 rings (SSSR count). The summed E-state index contributed by atoms with van der Waals surface area (Å²) < 4.78 is 0. The van der Waals surface area contributed by atoms with Gasteiger partial charge in [-0.3, -0.25) is 14.8 Å². The number of nitrogens with zero attached hydrogens (tertiary/aromatic N) is 3. The lowest BCUT2D eigenvalue weighted by Gasteiger charge is -2.33. The van der Waals surface area contributed by atoms with Gasteiger partial charge in [-0.05, 0) is 43.5 Å². The zero-order valence-corrected chi connectivity index (χ0v) is 17.4. The number of likely N-dealkylation sites (tertiary alicyclic amines) is 1. The maximum absolute atomic E-state index is 11.4. The molecular formula is C25H28N4O. The normalized spacial score (nSPS) is 16.9. The summed E-state index contributed by atoms with van der Waals surface area (Å²) in [6.07, 6.45) is 6.90. The van der Waals surface area contributed by atoms with Crippen LogP contribution < -0.4 is 5.32 Å². The third kappa shape index (κ3) is 5.10. The van der Waals surface area contributed by atoms with Gasteiger partial charge in [0.2, 0.25) is 5.91 Å². The van der Waals surface area contributed by atoms with Gasteiger partial charge in [-0.15, -0.1) is 0 Å². The van der Waals surface area contributed by atoms with Crippen LogP contribution in [0.2, 0.25) is 0 Å². The fourth-order valence-corrected chi connectivity index (χ4v) is 4.23. The van der Waals surface area contributed by atoms with Crippen LogP contribution in [0, 0.1) is 0 Å². The van der Waals surface area contributed by atoms with Crippen LogP contribution in [-0.4, -0.2) is 40.4 Å². The van der Waals surface area contributed by atoms with Crippen molar-refractivity contribution in [2.45, 2.75) is 32.1 Å². The van der Waals surface area contributed by atoms with Crippen LogP contribution in [-0.2, 0) is 11.2 Å². The lowest BCUT2D eigenvalue weighted by Crippen LogP contribution is -2.36. The summed E-state index contributed by atoms with van der Waals surface area (Å²) in [5, 5.41) is 2.86. The van der Waals surface area contributed by atoms with Gasteiger partial charge < -0.3 is 10.2 Å². The minimum Gasteiger partial charge on any atom is -0.326 e. The molecule has 1 atom stereocenters. The molecule has 1 saturated heterocycles. The molecule has 0 unspecified atom stereocenters. The highest BCUT2D eigenvalue weighted by molar-refractivity contribution is 5.89. The van der Waals surface area contributed by atoms with E-state index in [4.69, 9.17) is 4.98 Å². The van der Waals surface area contributed by atoms with E-state index in [0.717, 1.165) is 55.1 Å². The van der Waals surface area contributed by atoms with Crippen LogP contribution in [0.15, 0.2) is 67.0 Å². The highest BCUT2D eigenvalue weighted by atomic mass is 16.1. The Labute approximate surface area is 178 Å². The van der Waals surface area contributed by atoms with Gasteiger partial charge in [0.15, 0.2) is 0 Å². The molecule has 30 heavy (non-hydrogen) atoms. The number of hydrogen-bond donors (Lipinski definition) is 1. The van der Waals surface area contributed by atoms with E-state index in [2.05, 4.69) is 45.5 Å². The molecule has 1 amide bonds. The Hall–Kier alpha value is -3.05. The number of benzene rings is 2. The second kappa shape index (κ2) is 9.63. The average Bonchev–Trinajstić information content (AvgIpc) is 2.78. The van der Waals surface area contributed by atoms with Crippen LogP contribution in [0.1, 0.15) is 36.9 Å². The number of hydrogen-bond acceptors (Lipinski definition) is 4. The zero-order valence-electron chi connectivity index (χ0n) is 17.4. The molecule has 3 aromatic rings. The standard InChI is InChI=1S/C25H28N4O/c1-19(30)28-23-11-5-9-21(17-23)24-25(27-14-13-26-24)22-10-6-15-29(18-22)16-12-20-7-3-2-4-8-20/h2-5,7-9,11,13-14,17,22H,6,10,12,15-16,18H2,1H3,(H,28,30)/t22-/m1/s1. The molecule has 2 heterocycles.